The predicted molar refractivity (Wildman–Crippen MR) is 79.7 cm³/mol. The molecular weight excluding hydrogens is 258 g/mol. The molecule has 4 heteroatoms. The average molecular weight is 279 g/mol. The Morgan fingerprint density at radius 1 is 1.11 bits per heavy atom. The van der Waals surface area contributed by atoms with Crippen LogP contribution >= 0.6 is 0 Å². The largest absolute Gasteiger partial charge is 0.243 e. The van der Waals surface area contributed by atoms with Gasteiger partial charge in [-0.15, -0.1) is 13.2 Å². The van der Waals surface area contributed by atoms with Crippen molar-refractivity contribution >= 4 is 10.0 Å². The van der Waals surface area contributed by atoms with E-state index in [0.29, 0.717) is 10.8 Å². The maximum atomic E-state index is 12.4. The molecule has 0 unspecified atom stereocenters. The van der Waals surface area contributed by atoms with Gasteiger partial charge in [-0.1, -0.05) is 38.1 Å². The van der Waals surface area contributed by atoms with Crippen LogP contribution in [0.2, 0.25) is 0 Å². The summed E-state index contributed by atoms with van der Waals surface area (Å²) in [5.74, 6) is 0.384. The van der Waals surface area contributed by atoms with Gasteiger partial charge in [0.05, 0.1) is 4.90 Å². The molecule has 0 aliphatic rings. The van der Waals surface area contributed by atoms with Crippen molar-refractivity contribution in [2.24, 2.45) is 0 Å². The van der Waals surface area contributed by atoms with Gasteiger partial charge in [0.15, 0.2) is 0 Å². The highest BCUT2D eigenvalue weighted by Crippen LogP contribution is 2.20. The van der Waals surface area contributed by atoms with Crippen LogP contribution in [0.5, 0.6) is 0 Å². The van der Waals surface area contributed by atoms with E-state index in [1.165, 1.54) is 4.31 Å². The van der Waals surface area contributed by atoms with Gasteiger partial charge in [-0.2, -0.15) is 4.31 Å². The van der Waals surface area contributed by atoms with Crippen molar-refractivity contribution in [3.63, 3.8) is 0 Å². The van der Waals surface area contributed by atoms with Crippen LogP contribution in [0, 0.1) is 0 Å². The van der Waals surface area contributed by atoms with Crippen LogP contribution in [0.25, 0.3) is 0 Å². The summed E-state index contributed by atoms with van der Waals surface area (Å²) in [5, 5.41) is 0. The second-order valence-electron chi connectivity index (χ2n) is 4.62. The number of hydrogen-bond donors (Lipinski definition) is 0. The minimum atomic E-state index is -3.48. The van der Waals surface area contributed by atoms with Crippen LogP contribution in [-0.4, -0.2) is 25.8 Å². The number of benzene rings is 1. The van der Waals surface area contributed by atoms with E-state index in [0.717, 1.165) is 5.56 Å². The van der Waals surface area contributed by atoms with Gasteiger partial charge in [0, 0.05) is 13.1 Å². The van der Waals surface area contributed by atoms with Gasteiger partial charge in [-0.05, 0) is 23.6 Å². The molecule has 0 aliphatic heterocycles. The Bertz CT molecular complexity index is 520. The lowest BCUT2D eigenvalue weighted by molar-refractivity contribution is 0.474. The van der Waals surface area contributed by atoms with Gasteiger partial charge in [-0.25, -0.2) is 8.42 Å². The van der Waals surface area contributed by atoms with Gasteiger partial charge >= 0.3 is 0 Å². The zero-order chi connectivity index (χ0) is 14.5. The third kappa shape index (κ3) is 3.78. The Hall–Kier alpha value is -1.39. The minimum Gasteiger partial charge on any atom is -0.207 e. The van der Waals surface area contributed by atoms with E-state index in [9.17, 15) is 8.42 Å². The van der Waals surface area contributed by atoms with Gasteiger partial charge in [-0.3, -0.25) is 0 Å². The molecule has 0 bridgehead atoms. The molecule has 0 fully saturated rings. The van der Waals surface area contributed by atoms with E-state index < -0.39 is 10.0 Å². The van der Waals surface area contributed by atoms with Crippen LogP contribution < -0.4 is 0 Å². The lowest BCUT2D eigenvalue weighted by Crippen LogP contribution is -2.31. The van der Waals surface area contributed by atoms with Crippen molar-refractivity contribution in [3.05, 3.63) is 55.1 Å². The fourth-order valence-corrected chi connectivity index (χ4v) is 3.11. The van der Waals surface area contributed by atoms with Gasteiger partial charge in [0.2, 0.25) is 10.0 Å². The molecule has 0 aliphatic carbocycles. The van der Waals surface area contributed by atoms with E-state index in [2.05, 4.69) is 27.0 Å². The molecule has 1 rings (SSSR count). The fourth-order valence-electron chi connectivity index (χ4n) is 1.73. The Labute approximate surface area is 116 Å². The molecule has 0 heterocycles. The van der Waals surface area contributed by atoms with Crippen LogP contribution in [0.15, 0.2) is 54.5 Å². The van der Waals surface area contributed by atoms with Crippen LogP contribution in [-0.2, 0) is 10.0 Å². The predicted octanol–water partition coefficient (Wildman–Crippen LogP) is 3.17. The molecule has 0 saturated heterocycles. The second-order valence-corrected chi connectivity index (χ2v) is 6.56. The zero-order valence-electron chi connectivity index (χ0n) is 11.5. The Morgan fingerprint density at radius 3 is 1.95 bits per heavy atom. The summed E-state index contributed by atoms with van der Waals surface area (Å²) in [5.41, 5.74) is 1.12. The molecule has 1 aromatic carbocycles. The normalized spacial score (nSPS) is 11.8. The average Bonchev–Trinajstić information content (AvgIpc) is 2.38. The van der Waals surface area contributed by atoms with Crippen LogP contribution in [0.4, 0.5) is 0 Å². The first-order chi connectivity index (χ1) is 8.93. The molecule has 104 valence electrons. The van der Waals surface area contributed by atoms with E-state index in [-0.39, 0.29) is 13.1 Å². The number of rotatable bonds is 7. The lowest BCUT2D eigenvalue weighted by atomic mass is 10.0. The van der Waals surface area contributed by atoms with E-state index in [4.69, 9.17) is 0 Å². The van der Waals surface area contributed by atoms with Crippen LogP contribution in [0.3, 0.4) is 0 Å². The van der Waals surface area contributed by atoms with Crippen molar-refractivity contribution in [2.45, 2.75) is 24.7 Å². The molecular formula is C15H21NO2S. The van der Waals surface area contributed by atoms with Crippen LogP contribution in [0.1, 0.15) is 25.3 Å². The second kappa shape index (κ2) is 6.68. The summed E-state index contributed by atoms with van der Waals surface area (Å²) < 4.78 is 26.2. The third-order valence-corrected chi connectivity index (χ3v) is 4.70. The molecule has 3 nitrogen and oxygen atoms in total. The standard InChI is InChI=1S/C15H21NO2S/c1-5-11-16(12-6-2)19(17,18)15-9-7-14(8-10-15)13(3)4/h5-10,13H,1-2,11-12H2,3-4H3. The highest BCUT2D eigenvalue weighted by molar-refractivity contribution is 7.89. The third-order valence-electron chi connectivity index (χ3n) is 2.85. The molecule has 1 aromatic rings. The quantitative estimate of drug-likeness (QED) is 0.719. The summed E-state index contributed by atoms with van der Waals surface area (Å²) in [6.45, 7) is 11.9. The summed E-state index contributed by atoms with van der Waals surface area (Å²) in [6, 6.07) is 7.03. The molecule has 0 atom stereocenters. The van der Waals surface area contributed by atoms with Crippen molar-refractivity contribution in [3.8, 4) is 0 Å². The molecule has 0 spiro atoms. The number of nitrogens with zero attached hydrogens (tertiary/aromatic N) is 1. The van der Waals surface area contributed by atoms with Crippen molar-refractivity contribution < 1.29 is 8.42 Å². The lowest BCUT2D eigenvalue weighted by Gasteiger charge is -2.19. The van der Waals surface area contributed by atoms with E-state index in [1.54, 1.807) is 24.3 Å². The van der Waals surface area contributed by atoms with E-state index in [1.807, 2.05) is 12.1 Å². The SMILES string of the molecule is C=CCN(CC=C)S(=O)(=O)c1ccc(C(C)C)cc1. The van der Waals surface area contributed by atoms with Gasteiger partial charge < -0.3 is 0 Å². The van der Waals surface area contributed by atoms with Crippen molar-refractivity contribution in [1.82, 2.24) is 4.31 Å². The molecule has 0 radical (unpaired) electrons. The van der Waals surface area contributed by atoms with Crippen molar-refractivity contribution in [2.75, 3.05) is 13.1 Å². The topological polar surface area (TPSA) is 37.4 Å². The molecule has 0 amide bonds. The highest BCUT2D eigenvalue weighted by Gasteiger charge is 2.22. The van der Waals surface area contributed by atoms with Gasteiger partial charge in [0.1, 0.15) is 0 Å². The summed E-state index contributed by atoms with van der Waals surface area (Å²) in [7, 11) is -3.48. The minimum absolute atomic E-state index is 0.278. The highest BCUT2D eigenvalue weighted by atomic mass is 32.2. The Morgan fingerprint density at radius 2 is 1.58 bits per heavy atom. The van der Waals surface area contributed by atoms with Crippen molar-refractivity contribution in [1.29, 1.82) is 0 Å². The first-order valence-electron chi connectivity index (χ1n) is 6.25. The molecule has 0 N–H and O–H groups in total. The van der Waals surface area contributed by atoms with Gasteiger partial charge in [0.25, 0.3) is 0 Å². The molecule has 0 saturated carbocycles. The fraction of sp³-hybridized carbons (Fsp3) is 0.333. The number of sulfonamides is 1. The first-order valence-corrected chi connectivity index (χ1v) is 7.69. The zero-order valence-corrected chi connectivity index (χ0v) is 12.4. The summed E-state index contributed by atoms with van der Waals surface area (Å²) >= 11 is 0. The molecule has 0 aromatic heterocycles. The Balaban J connectivity index is 3.10. The van der Waals surface area contributed by atoms with E-state index >= 15 is 0 Å². The Kier molecular flexibility index (Phi) is 5.51. The monoisotopic (exact) mass is 279 g/mol. The maximum absolute atomic E-state index is 12.4. The first kappa shape index (κ1) is 15.7. The smallest absolute Gasteiger partial charge is 0.207 e. The number of hydrogen-bond acceptors (Lipinski definition) is 2. The summed E-state index contributed by atoms with van der Waals surface area (Å²) in [4.78, 5) is 0.306. The molecule has 19 heavy (non-hydrogen) atoms. The summed E-state index contributed by atoms with van der Waals surface area (Å²) in [6.07, 6.45) is 3.15. The maximum Gasteiger partial charge on any atom is 0.243 e.